The molecule has 1 amide bonds. The first-order chi connectivity index (χ1) is 10.1. The van der Waals surface area contributed by atoms with Crippen molar-refractivity contribution in [2.24, 2.45) is 10.9 Å². The van der Waals surface area contributed by atoms with Crippen molar-refractivity contribution in [3.8, 4) is 0 Å². The number of oxime groups is 1. The number of nitrogens with two attached hydrogens (primary N) is 1. The Labute approximate surface area is 132 Å². The van der Waals surface area contributed by atoms with Gasteiger partial charge in [-0.3, -0.25) is 4.79 Å². The quantitative estimate of drug-likeness (QED) is 0.256. The summed E-state index contributed by atoms with van der Waals surface area (Å²) in [6, 6.07) is 7.23. The van der Waals surface area contributed by atoms with E-state index in [9.17, 15) is 4.79 Å². The fourth-order valence-electron chi connectivity index (χ4n) is 2.80. The normalized spacial score (nSPS) is 18.8. The van der Waals surface area contributed by atoms with E-state index < -0.39 is 5.54 Å². The zero-order chi connectivity index (χ0) is 15.3. The molecule has 0 heterocycles. The van der Waals surface area contributed by atoms with Crippen LogP contribution in [0.5, 0.6) is 0 Å². The average molecular weight is 354 g/mol. The van der Waals surface area contributed by atoms with Crippen LogP contribution in [0.1, 0.15) is 48.9 Å². The summed E-state index contributed by atoms with van der Waals surface area (Å²) in [5, 5.41) is 15.2. The van der Waals surface area contributed by atoms with E-state index in [1.54, 1.807) is 6.07 Å². The van der Waals surface area contributed by atoms with Gasteiger partial charge < -0.3 is 16.3 Å². The standard InChI is InChI=1S/C15H20BrN3O2/c16-12-8-4-3-7-11(12)13(20)18-15(14(17)19-21)9-5-1-2-6-10-15/h3-4,7-8,21H,1-2,5-6,9-10H2,(H2,17,19)(H,18,20). The summed E-state index contributed by atoms with van der Waals surface area (Å²) in [5.41, 5.74) is 5.69. The van der Waals surface area contributed by atoms with Gasteiger partial charge in [0.25, 0.3) is 5.91 Å². The highest BCUT2D eigenvalue weighted by Crippen LogP contribution is 2.28. The van der Waals surface area contributed by atoms with Gasteiger partial charge in [-0.05, 0) is 40.9 Å². The molecule has 1 aliphatic rings. The minimum atomic E-state index is -0.752. The highest BCUT2D eigenvalue weighted by atomic mass is 79.9. The molecule has 1 saturated carbocycles. The predicted molar refractivity (Wildman–Crippen MR) is 85.5 cm³/mol. The smallest absolute Gasteiger partial charge is 0.253 e. The molecule has 0 aromatic heterocycles. The summed E-state index contributed by atoms with van der Waals surface area (Å²) >= 11 is 3.38. The first kappa shape index (κ1) is 15.8. The lowest BCUT2D eigenvalue weighted by atomic mass is 9.88. The van der Waals surface area contributed by atoms with Crippen molar-refractivity contribution in [2.45, 2.75) is 44.1 Å². The van der Waals surface area contributed by atoms with Crippen molar-refractivity contribution < 1.29 is 10.0 Å². The number of amides is 1. The van der Waals surface area contributed by atoms with Gasteiger partial charge in [0.2, 0.25) is 0 Å². The number of rotatable bonds is 3. The number of hydrogen-bond donors (Lipinski definition) is 3. The second-order valence-corrected chi connectivity index (χ2v) is 6.27. The average Bonchev–Trinajstić information content (AvgIpc) is 2.73. The topological polar surface area (TPSA) is 87.7 Å². The lowest BCUT2D eigenvalue weighted by Crippen LogP contribution is -2.57. The molecular weight excluding hydrogens is 334 g/mol. The fourth-order valence-corrected chi connectivity index (χ4v) is 3.27. The Morgan fingerprint density at radius 3 is 2.43 bits per heavy atom. The molecule has 1 fully saturated rings. The number of carbonyl (C=O) groups excluding carboxylic acids is 1. The number of benzene rings is 1. The van der Waals surface area contributed by atoms with Crippen molar-refractivity contribution in [2.75, 3.05) is 0 Å². The third-order valence-corrected chi connectivity index (χ3v) is 4.72. The third-order valence-electron chi connectivity index (χ3n) is 4.03. The van der Waals surface area contributed by atoms with Crippen LogP contribution in [0.3, 0.4) is 0 Å². The Bertz CT molecular complexity index is 537. The van der Waals surface area contributed by atoms with Crippen molar-refractivity contribution in [3.63, 3.8) is 0 Å². The molecule has 0 atom stereocenters. The molecule has 0 bridgehead atoms. The number of amidine groups is 1. The van der Waals surface area contributed by atoms with Crippen molar-refractivity contribution in [1.82, 2.24) is 5.32 Å². The maximum Gasteiger partial charge on any atom is 0.253 e. The van der Waals surface area contributed by atoms with E-state index >= 15 is 0 Å². The summed E-state index contributed by atoms with van der Waals surface area (Å²) in [7, 11) is 0. The number of nitrogens with one attached hydrogen (secondary N) is 1. The van der Waals surface area contributed by atoms with Crippen LogP contribution in [0.2, 0.25) is 0 Å². The zero-order valence-electron chi connectivity index (χ0n) is 11.8. The minimum absolute atomic E-state index is 0.0878. The molecular formula is C15H20BrN3O2. The monoisotopic (exact) mass is 353 g/mol. The molecule has 0 spiro atoms. The van der Waals surface area contributed by atoms with Crippen LogP contribution in [0.15, 0.2) is 33.9 Å². The van der Waals surface area contributed by atoms with Crippen LogP contribution in [0.4, 0.5) is 0 Å². The molecule has 6 heteroatoms. The van der Waals surface area contributed by atoms with E-state index in [1.807, 2.05) is 18.2 Å². The van der Waals surface area contributed by atoms with Crippen molar-refractivity contribution in [1.29, 1.82) is 0 Å². The molecule has 0 radical (unpaired) electrons. The molecule has 0 unspecified atom stereocenters. The number of hydrogen-bond acceptors (Lipinski definition) is 3. The highest BCUT2D eigenvalue weighted by molar-refractivity contribution is 9.10. The zero-order valence-corrected chi connectivity index (χ0v) is 13.4. The Morgan fingerprint density at radius 2 is 1.86 bits per heavy atom. The van der Waals surface area contributed by atoms with Crippen LogP contribution < -0.4 is 11.1 Å². The minimum Gasteiger partial charge on any atom is -0.409 e. The predicted octanol–water partition coefficient (Wildman–Crippen LogP) is 3.02. The third kappa shape index (κ3) is 3.56. The second kappa shape index (κ2) is 6.93. The maximum absolute atomic E-state index is 12.5. The van der Waals surface area contributed by atoms with Gasteiger partial charge in [0.05, 0.1) is 5.56 Å². The number of nitrogens with zero attached hydrogens (tertiary/aromatic N) is 1. The van der Waals surface area contributed by atoms with Gasteiger partial charge in [0.1, 0.15) is 5.54 Å². The van der Waals surface area contributed by atoms with Crippen LogP contribution >= 0.6 is 15.9 Å². The van der Waals surface area contributed by atoms with E-state index in [2.05, 4.69) is 26.4 Å². The Morgan fingerprint density at radius 1 is 1.24 bits per heavy atom. The van der Waals surface area contributed by atoms with Crippen molar-refractivity contribution in [3.05, 3.63) is 34.3 Å². The second-order valence-electron chi connectivity index (χ2n) is 5.42. The SMILES string of the molecule is N/C(=N/O)C1(NC(=O)c2ccccc2Br)CCCCCC1. The van der Waals surface area contributed by atoms with Gasteiger partial charge in [-0.25, -0.2) is 0 Å². The van der Waals surface area contributed by atoms with Crippen LogP contribution in [-0.4, -0.2) is 22.5 Å². The van der Waals surface area contributed by atoms with Gasteiger partial charge in [-0.15, -0.1) is 0 Å². The van der Waals surface area contributed by atoms with Gasteiger partial charge >= 0.3 is 0 Å². The summed E-state index contributed by atoms with van der Waals surface area (Å²) < 4.78 is 0.728. The number of halogens is 1. The summed E-state index contributed by atoms with van der Waals surface area (Å²) in [6.45, 7) is 0. The van der Waals surface area contributed by atoms with Gasteiger partial charge in [0, 0.05) is 4.47 Å². The van der Waals surface area contributed by atoms with Crippen LogP contribution in [0.25, 0.3) is 0 Å². The summed E-state index contributed by atoms with van der Waals surface area (Å²) in [6.07, 6.45) is 5.49. The first-order valence-electron chi connectivity index (χ1n) is 7.14. The van der Waals surface area contributed by atoms with E-state index in [-0.39, 0.29) is 11.7 Å². The largest absolute Gasteiger partial charge is 0.409 e. The highest BCUT2D eigenvalue weighted by Gasteiger charge is 2.37. The van der Waals surface area contributed by atoms with Gasteiger partial charge in [0.15, 0.2) is 5.84 Å². The molecule has 0 saturated heterocycles. The Hall–Kier alpha value is -1.56. The molecule has 114 valence electrons. The summed E-state index contributed by atoms with van der Waals surface area (Å²) in [5.74, 6) is -0.124. The van der Waals surface area contributed by atoms with E-state index in [0.717, 1.165) is 30.2 Å². The molecule has 2 rings (SSSR count). The lowest BCUT2D eigenvalue weighted by Gasteiger charge is -2.32. The molecule has 21 heavy (non-hydrogen) atoms. The van der Waals surface area contributed by atoms with E-state index in [1.165, 1.54) is 0 Å². The van der Waals surface area contributed by atoms with Crippen LogP contribution in [-0.2, 0) is 0 Å². The molecule has 4 N–H and O–H groups in total. The Balaban J connectivity index is 2.27. The first-order valence-corrected chi connectivity index (χ1v) is 7.93. The van der Waals surface area contributed by atoms with Gasteiger partial charge in [-0.2, -0.15) is 0 Å². The van der Waals surface area contributed by atoms with Crippen molar-refractivity contribution >= 4 is 27.7 Å². The molecule has 1 aromatic rings. The lowest BCUT2D eigenvalue weighted by molar-refractivity contribution is 0.0914. The maximum atomic E-state index is 12.5. The van der Waals surface area contributed by atoms with E-state index in [0.29, 0.717) is 18.4 Å². The fraction of sp³-hybridized carbons (Fsp3) is 0.467. The van der Waals surface area contributed by atoms with E-state index in [4.69, 9.17) is 10.9 Å². The van der Waals surface area contributed by atoms with Gasteiger partial charge in [-0.1, -0.05) is 43.0 Å². The number of carbonyl (C=O) groups is 1. The molecule has 1 aromatic carbocycles. The summed E-state index contributed by atoms with van der Waals surface area (Å²) in [4.78, 5) is 12.5. The molecule has 5 nitrogen and oxygen atoms in total. The molecule has 0 aliphatic heterocycles. The Kier molecular flexibility index (Phi) is 5.22. The van der Waals surface area contributed by atoms with Crippen LogP contribution in [0, 0.1) is 0 Å². The molecule has 1 aliphatic carbocycles.